The molecule has 1 rings (SSSR count). The van der Waals surface area contributed by atoms with E-state index < -0.39 is 0 Å². The largest absolute Gasteiger partial charge is 0.461 e. The van der Waals surface area contributed by atoms with E-state index in [0.717, 1.165) is 37.5 Å². The summed E-state index contributed by atoms with van der Waals surface area (Å²) in [7, 11) is 0. The van der Waals surface area contributed by atoms with E-state index in [0.29, 0.717) is 13.0 Å². The lowest BCUT2D eigenvalue weighted by molar-refractivity contribution is -0.145. The fourth-order valence-corrected chi connectivity index (χ4v) is 2.67. The number of carbonyl (C=O) groups is 2. The van der Waals surface area contributed by atoms with Crippen molar-refractivity contribution in [2.75, 3.05) is 0 Å². The zero-order chi connectivity index (χ0) is 17.5. The van der Waals surface area contributed by atoms with Gasteiger partial charge in [0.2, 0.25) is 0 Å². The molecule has 3 nitrogen and oxygen atoms in total. The fourth-order valence-electron chi connectivity index (χ4n) is 2.67. The van der Waals surface area contributed by atoms with Crippen molar-refractivity contribution in [3.8, 4) is 0 Å². The first-order valence-electron chi connectivity index (χ1n) is 9.37. The maximum Gasteiger partial charge on any atom is 0.306 e. The summed E-state index contributed by atoms with van der Waals surface area (Å²) in [6.45, 7) is 2.36. The zero-order valence-corrected chi connectivity index (χ0v) is 15.0. The van der Waals surface area contributed by atoms with Crippen LogP contribution in [0.2, 0.25) is 0 Å². The van der Waals surface area contributed by atoms with Crippen LogP contribution in [0.1, 0.15) is 76.7 Å². The number of aldehydes is 1. The molecule has 1 aromatic carbocycles. The highest BCUT2D eigenvalue weighted by Crippen LogP contribution is 2.13. The van der Waals surface area contributed by atoms with Crippen molar-refractivity contribution >= 4 is 12.3 Å². The van der Waals surface area contributed by atoms with Crippen LogP contribution in [0.5, 0.6) is 0 Å². The summed E-state index contributed by atoms with van der Waals surface area (Å²) in [5.74, 6) is 0.120. The Balaban J connectivity index is 1.86. The van der Waals surface area contributed by atoms with E-state index in [1.54, 1.807) is 0 Å². The predicted octanol–water partition coefficient (Wildman–Crippen LogP) is 5.47. The van der Waals surface area contributed by atoms with Crippen molar-refractivity contribution < 1.29 is 14.3 Å². The molecular formula is C21H32O3. The Morgan fingerprint density at radius 1 is 0.958 bits per heavy atom. The molecule has 0 bridgehead atoms. The first-order valence-corrected chi connectivity index (χ1v) is 9.37. The second-order valence-electron chi connectivity index (χ2n) is 6.63. The summed E-state index contributed by atoms with van der Waals surface area (Å²) in [5, 5.41) is 0. The van der Waals surface area contributed by atoms with Gasteiger partial charge in [0.05, 0.1) is 0 Å². The van der Waals surface area contributed by atoms with Crippen LogP contribution in [-0.4, -0.2) is 12.3 Å². The standard InChI is InChI=1S/C21H32O3/c1-19(17-22)13-9-6-4-2-3-5-7-12-16-21(23)24-18-20-14-10-8-11-15-20/h8,10-11,14-15,17,19H,2-7,9,12-13,16,18H2,1H3. The minimum atomic E-state index is -0.0943. The molecule has 0 aliphatic heterocycles. The summed E-state index contributed by atoms with van der Waals surface area (Å²) in [6.07, 6.45) is 11.9. The highest BCUT2D eigenvalue weighted by Gasteiger charge is 2.03. The van der Waals surface area contributed by atoms with Crippen LogP contribution in [0, 0.1) is 5.92 Å². The number of benzene rings is 1. The quantitative estimate of drug-likeness (QED) is 0.258. The topological polar surface area (TPSA) is 43.4 Å². The lowest BCUT2D eigenvalue weighted by Gasteiger charge is -2.05. The molecular weight excluding hydrogens is 300 g/mol. The molecule has 1 unspecified atom stereocenters. The monoisotopic (exact) mass is 332 g/mol. The van der Waals surface area contributed by atoms with Gasteiger partial charge in [0.15, 0.2) is 0 Å². The van der Waals surface area contributed by atoms with E-state index in [1.165, 1.54) is 32.1 Å². The van der Waals surface area contributed by atoms with Crippen molar-refractivity contribution in [1.82, 2.24) is 0 Å². The van der Waals surface area contributed by atoms with Crippen LogP contribution in [0.4, 0.5) is 0 Å². The van der Waals surface area contributed by atoms with Crippen LogP contribution in [-0.2, 0) is 20.9 Å². The smallest absolute Gasteiger partial charge is 0.306 e. The molecule has 0 aliphatic rings. The number of ether oxygens (including phenoxy) is 1. The Morgan fingerprint density at radius 3 is 2.17 bits per heavy atom. The second kappa shape index (κ2) is 13.8. The summed E-state index contributed by atoms with van der Waals surface area (Å²) in [6, 6.07) is 9.79. The van der Waals surface area contributed by atoms with Gasteiger partial charge >= 0.3 is 5.97 Å². The molecule has 0 radical (unpaired) electrons. The highest BCUT2D eigenvalue weighted by atomic mass is 16.5. The Hall–Kier alpha value is -1.64. The molecule has 0 saturated carbocycles. The molecule has 0 N–H and O–H groups in total. The van der Waals surface area contributed by atoms with E-state index in [9.17, 15) is 9.59 Å². The van der Waals surface area contributed by atoms with Gasteiger partial charge in [-0.05, 0) is 18.4 Å². The number of rotatable bonds is 14. The van der Waals surface area contributed by atoms with Crippen LogP contribution in [0.3, 0.4) is 0 Å². The first-order chi connectivity index (χ1) is 11.7. The summed E-state index contributed by atoms with van der Waals surface area (Å²) >= 11 is 0. The molecule has 0 amide bonds. The van der Waals surface area contributed by atoms with Gasteiger partial charge in [0, 0.05) is 12.3 Å². The second-order valence-corrected chi connectivity index (χ2v) is 6.63. The number of carbonyl (C=O) groups excluding carboxylic acids is 2. The Bertz CT molecular complexity index is 442. The van der Waals surface area contributed by atoms with Crippen molar-refractivity contribution in [2.24, 2.45) is 5.92 Å². The molecule has 0 fully saturated rings. The van der Waals surface area contributed by atoms with Gasteiger partial charge in [-0.25, -0.2) is 0 Å². The third kappa shape index (κ3) is 11.0. The van der Waals surface area contributed by atoms with E-state index >= 15 is 0 Å². The highest BCUT2D eigenvalue weighted by molar-refractivity contribution is 5.69. The van der Waals surface area contributed by atoms with Crippen LogP contribution < -0.4 is 0 Å². The molecule has 1 atom stereocenters. The van der Waals surface area contributed by atoms with Crippen molar-refractivity contribution in [3.05, 3.63) is 35.9 Å². The first kappa shape index (κ1) is 20.4. The lowest BCUT2D eigenvalue weighted by atomic mass is 10.0. The van der Waals surface area contributed by atoms with Gasteiger partial charge < -0.3 is 9.53 Å². The van der Waals surface area contributed by atoms with Gasteiger partial charge in [-0.1, -0.05) is 82.2 Å². The number of unbranched alkanes of at least 4 members (excludes halogenated alkanes) is 7. The molecule has 3 heteroatoms. The third-order valence-corrected chi connectivity index (χ3v) is 4.27. The predicted molar refractivity (Wildman–Crippen MR) is 97.6 cm³/mol. The third-order valence-electron chi connectivity index (χ3n) is 4.27. The minimum Gasteiger partial charge on any atom is -0.461 e. The number of esters is 1. The van der Waals surface area contributed by atoms with Crippen molar-refractivity contribution in [3.63, 3.8) is 0 Å². The average Bonchev–Trinajstić information content (AvgIpc) is 2.62. The van der Waals surface area contributed by atoms with Crippen LogP contribution >= 0.6 is 0 Å². The fraction of sp³-hybridized carbons (Fsp3) is 0.619. The molecule has 0 saturated heterocycles. The molecule has 24 heavy (non-hydrogen) atoms. The van der Waals surface area contributed by atoms with E-state index in [1.807, 2.05) is 37.3 Å². The van der Waals surface area contributed by atoms with E-state index in [4.69, 9.17) is 4.74 Å². The Labute approximate surface area is 146 Å². The zero-order valence-electron chi connectivity index (χ0n) is 15.0. The van der Waals surface area contributed by atoms with Crippen molar-refractivity contribution in [1.29, 1.82) is 0 Å². The minimum absolute atomic E-state index is 0.0943. The molecule has 0 spiro atoms. The summed E-state index contributed by atoms with van der Waals surface area (Å²) in [5.41, 5.74) is 1.04. The lowest BCUT2D eigenvalue weighted by Crippen LogP contribution is -2.04. The normalized spacial score (nSPS) is 11.9. The van der Waals surface area contributed by atoms with Gasteiger partial charge in [-0.2, -0.15) is 0 Å². The van der Waals surface area contributed by atoms with Gasteiger partial charge in [-0.3, -0.25) is 4.79 Å². The molecule has 0 aliphatic carbocycles. The van der Waals surface area contributed by atoms with Crippen LogP contribution in [0.25, 0.3) is 0 Å². The van der Waals surface area contributed by atoms with E-state index in [-0.39, 0.29) is 11.9 Å². The van der Waals surface area contributed by atoms with Crippen LogP contribution in [0.15, 0.2) is 30.3 Å². The maximum atomic E-state index is 11.7. The van der Waals surface area contributed by atoms with E-state index in [2.05, 4.69) is 0 Å². The summed E-state index contributed by atoms with van der Waals surface area (Å²) < 4.78 is 5.26. The molecule has 1 aromatic rings. The SMILES string of the molecule is CC(C=O)CCCCCCCCCCC(=O)OCc1ccccc1. The summed E-state index contributed by atoms with van der Waals surface area (Å²) in [4.78, 5) is 22.2. The van der Waals surface area contributed by atoms with Gasteiger partial charge in [0.1, 0.15) is 12.9 Å². The number of hydrogen-bond acceptors (Lipinski definition) is 3. The average molecular weight is 332 g/mol. The van der Waals surface area contributed by atoms with Gasteiger partial charge in [-0.15, -0.1) is 0 Å². The molecule has 0 aromatic heterocycles. The Kier molecular flexibility index (Phi) is 11.7. The maximum absolute atomic E-state index is 11.7. The Morgan fingerprint density at radius 2 is 1.54 bits per heavy atom. The van der Waals surface area contributed by atoms with Gasteiger partial charge in [0.25, 0.3) is 0 Å². The molecule has 0 heterocycles. The van der Waals surface area contributed by atoms with Crippen molar-refractivity contribution in [2.45, 2.75) is 77.7 Å². The molecule has 134 valence electrons. The number of hydrogen-bond donors (Lipinski definition) is 0.